The van der Waals surface area contributed by atoms with Crippen molar-refractivity contribution in [3.05, 3.63) is 18.2 Å². The van der Waals surface area contributed by atoms with Crippen molar-refractivity contribution < 1.29 is 4.74 Å². The molecule has 1 saturated heterocycles. The highest BCUT2D eigenvalue weighted by Crippen LogP contribution is 2.17. The van der Waals surface area contributed by atoms with E-state index in [0.717, 1.165) is 26.0 Å². The first kappa shape index (κ1) is 10.2. The highest BCUT2D eigenvalue weighted by Gasteiger charge is 2.14. The van der Waals surface area contributed by atoms with E-state index in [4.69, 9.17) is 10.00 Å². The fraction of sp³-hybridized carbons (Fsp3) is 0.636. The second kappa shape index (κ2) is 4.94. The zero-order chi connectivity index (χ0) is 10.5. The maximum atomic E-state index is 8.76. The van der Waals surface area contributed by atoms with Crippen LogP contribution in [0.3, 0.4) is 0 Å². The van der Waals surface area contributed by atoms with Crippen molar-refractivity contribution in [2.45, 2.75) is 38.3 Å². The van der Waals surface area contributed by atoms with Gasteiger partial charge in [0, 0.05) is 25.5 Å². The van der Waals surface area contributed by atoms with Crippen molar-refractivity contribution >= 4 is 0 Å². The summed E-state index contributed by atoms with van der Waals surface area (Å²) >= 11 is 0. The molecule has 2 rings (SSSR count). The van der Waals surface area contributed by atoms with E-state index < -0.39 is 0 Å². The van der Waals surface area contributed by atoms with Crippen LogP contribution in [-0.2, 0) is 11.3 Å². The van der Waals surface area contributed by atoms with Gasteiger partial charge < -0.3 is 9.30 Å². The number of rotatable bonds is 4. The Morgan fingerprint density at radius 2 is 2.60 bits per heavy atom. The van der Waals surface area contributed by atoms with Crippen LogP contribution in [0.15, 0.2) is 12.4 Å². The smallest absolute Gasteiger partial charge is 0.212 e. The Kier molecular flexibility index (Phi) is 3.36. The molecule has 0 spiro atoms. The number of imidazole rings is 1. The minimum atomic E-state index is 0.444. The molecule has 1 aliphatic heterocycles. The lowest BCUT2D eigenvalue weighted by Crippen LogP contribution is -2.07. The summed E-state index contributed by atoms with van der Waals surface area (Å²) in [5, 5.41) is 8.76. The van der Waals surface area contributed by atoms with E-state index in [0.29, 0.717) is 11.9 Å². The van der Waals surface area contributed by atoms with Crippen LogP contribution >= 0.6 is 0 Å². The summed E-state index contributed by atoms with van der Waals surface area (Å²) in [7, 11) is 0. The molecule has 2 heterocycles. The Morgan fingerprint density at radius 3 is 3.33 bits per heavy atom. The Labute approximate surface area is 89.5 Å². The molecule has 15 heavy (non-hydrogen) atoms. The Hall–Kier alpha value is -1.34. The summed E-state index contributed by atoms with van der Waals surface area (Å²) in [4.78, 5) is 3.96. The first-order valence-corrected chi connectivity index (χ1v) is 5.43. The minimum Gasteiger partial charge on any atom is -0.378 e. The fourth-order valence-electron chi connectivity index (χ4n) is 1.96. The fourth-order valence-corrected chi connectivity index (χ4v) is 1.96. The molecule has 1 aromatic rings. The van der Waals surface area contributed by atoms with Crippen LogP contribution in [0.25, 0.3) is 0 Å². The van der Waals surface area contributed by atoms with E-state index in [9.17, 15) is 0 Å². The second-order valence-electron chi connectivity index (χ2n) is 3.83. The molecule has 0 saturated carbocycles. The first-order valence-electron chi connectivity index (χ1n) is 5.43. The summed E-state index contributed by atoms with van der Waals surface area (Å²) in [6, 6.07) is 2.07. The molecule has 1 fully saturated rings. The molecule has 0 radical (unpaired) electrons. The summed E-state index contributed by atoms with van der Waals surface area (Å²) in [6.45, 7) is 1.78. The van der Waals surface area contributed by atoms with E-state index in [1.165, 1.54) is 12.8 Å². The minimum absolute atomic E-state index is 0.444. The van der Waals surface area contributed by atoms with Crippen LogP contribution in [-0.4, -0.2) is 22.3 Å². The van der Waals surface area contributed by atoms with E-state index >= 15 is 0 Å². The standard InChI is InChI=1S/C11H15N3O/c12-9-11-13-5-7-14(11)6-1-3-10-4-2-8-15-10/h5,7,10H,1-4,6,8H2. The molecular weight excluding hydrogens is 190 g/mol. The number of hydrogen-bond donors (Lipinski definition) is 0. The van der Waals surface area contributed by atoms with Crippen LogP contribution in [0.5, 0.6) is 0 Å². The third kappa shape index (κ3) is 2.57. The molecule has 1 aliphatic rings. The van der Waals surface area contributed by atoms with Gasteiger partial charge in [0.1, 0.15) is 6.07 Å². The lowest BCUT2D eigenvalue weighted by Gasteiger charge is -2.09. The molecule has 4 nitrogen and oxygen atoms in total. The van der Waals surface area contributed by atoms with Gasteiger partial charge in [-0.05, 0) is 25.7 Å². The summed E-state index contributed by atoms with van der Waals surface area (Å²) < 4.78 is 7.44. The molecule has 1 unspecified atom stereocenters. The summed E-state index contributed by atoms with van der Waals surface area (Å²) in [5.41, 5.74) is 0. The Bertz CT molecular complexity index is 347. The third-order valence-electron chi connectivity index (χ3n) is 2.76. The predicted octanol–water partition coefficient (Wildman–Crippen LogP) is 1.71. The number of hydrogen-bond acceptors (Lipinski definition) is 3. The summed E-state index contributed by atoms with van der Waals surface area (Å²) in [6.07, 6.45) is 8.49. The molecular formula is C11H15N3O. The van der Waals surface area contributed by atoms with Gasteiger partial charge in [0.2, 0.25) is 5.82 Å². The largest absolute Gasteiger partial charge is 0.378 e. The van der Waals surface area contributed by atoms with Crippen LogP contribution in [0.4, 0.5) is 0 Å². The van der Waals surface area contributed by atoms with E-state index in [1.807, 2.05) is 10.8 Å². The monoisotopic (exact) mass is 205 g/mol. The predicted molar refractivity (Wildman–Crippen MR) is 55.2 cm³/mol. The van der Waals surface area contributed by atoms with E-state index in [-0.39, 0.29) is 0 Å². The average molecular weight is 205 g/mol. The summed E-state index contributed by atoms with van der Waals surface area (Å²) in [5.74, 6) is 0.502. The van der Waals surface area contributed by atoms with Gasteiger partial charge in [0.05, 0.1) is 6.10 Å². The van der Waals surface area contributed by atoms with Gasteiger partial charge in [-0.3, -0.25) is 0 Å². The molecule has 4 heteroatoms. The van der Waals surface area contributed by atoms with Crippen LogP contribution < -0.4 is 0 Å². The molecule has 1 atom stereocenters. The quantitative estimate of drug-likeness (QED) is 0.752. The van der Waals surface area contributed by atoms with E-state index in [2.05, 4.69) is 11.1 Å². The maximum Gasteiger partial charge on any atom is 0.212 e. The van der Waals surface area contributed by atoms with Crippen molar-refractivity contribution in [3.63, 3.8) is 0 Å². The Morgan fingerprint density at radius 1 is 1.67 bits per heavy atom. The SMILES string of the molecule is N#Cc1nccn1CCCC1CCCO1. The van der Waals surface area contributed by atoms with Gasteiger partial charge >= 0.3 is 0 Å². The van der Waals surface area contributed by atoms with Gasteiger partial charge in [0.25, 0.3) is 0 Å². The number of aryl methyl sites for hydroxylation is 1. The number of ether oxygens (including phenoxy) is 1. The van der Waals surface area contributed by atoms with Gasteiger partial charge in [-0.1, -0.05) is 0 Å². The molecule has 0 aromatic carbocycles. The molecule has 80 valence electrons. The molecule has 0 bridgehead atoms. The van der Waals surface area contributed by atoms with Crippen molar-refractivity contribution in [1.82, 2.24) is 9.55 Å². The van der Waals surface area contributed by atoms with Gasteiger partial charge in [0.15, 0.2) is 0 Å². The number of nitriles is 1. The lowest BCUT2D eigenvalue weighted by atomic mass is 10.1. The highest BCUT2D eigenvalue weighted by molar-refractivity contribution is 5.10. The van der Waals surface area contributed by atoms with Crippen LogP contribution in [0, 0.1) is 11.3 Å². The first-order chi connectivity index (χ1) is 7.40. The second-order valence-corrected chi connectivity index (χ2v) is 3.83. The van der Waals surface area contributed by atoms with Gasteiger partial charge in [-0.15, -0.1) is 0 Å². The molecule has 0 amide bonds. The van der Waals surface area contributed by atoms with Crippen molar-refractivity contribution in [2.24, 2.45) is 0 Å². The average Bonchev–Trinajstić information content (AvgIpc) is 2.88. The molecule has 1 aromatic heterocycles. The van der Waals surface area contributed by atoms with Crippen LogP contribution in [0.1, 0.15) is 31.5 Å². The maximum absolute atomic E-state index is 8.76. The Balaban J connectivity index is 1.76. The van der Waals surface area contributed by atoms with E-state index in [1.54, 1.807) is 6.20 Å². The normalized spacial score (nSPS) is 20.3. The zero-order valence-electron chi connectivity index (χ0n) is 8.72. The topological polar surface area (TPSA) is 50.8 Å². The highest BCUT2D eigenvalue weighted by atomic mass is 16.5. The van der Waals surface area contributed by atoms with Crippen molar-refractivity contribution in [1.29, 1.82) is 5.26 Å². The molecule has 0 aliphatic carbocycles. The molecule has 0 N–H and O–H groups in total. The van der Waals surface area contributed by atoms with Crippen molar-refractivity contribution in [2.75, 3.05) is 6.61 Å². The number of aromatic nitrogens is 2. The van der Waals surface area contributed by atoms with Gasteiger partial charge in [-0.2, -0.15) is 5.26 Å². The van der Waals surface area contributed by atoms with Gasteiger partial charge in [-0.25, -0.2) is 4.98 Å². The zero-order valence-corrected chi connectivity index (χ0v) is 8.72. The van der Waals surface area contributed by atoms with Crippen LogP contribution in [0.2, 0.25) is 0 Å². The lowest BCUT2D eigenvalue weighted by molar-refractivity contribution is 0.101. The number of nitrogens with zero attached hydrogens (tertiary/aromatic N) is 3. The third-order valence-corrected chi connectivity index (χ3v) is 2.76. The van der Waals surface area contributed by atoms with Crippen molar-refractivity contribution in [3.8, 4) is 6.07 Å².